The van der Waals surface area contributed by atoms with Gasteiger partial charge in [0.25, 0.3) is 0 Å². The lowest BCUT2D eigenvalue weighted by Crippen LogP contribution is -2.48. The third-order valence-corrected chi connectivity index (χ3v) is 9.55. The van der Waals surface area contributed by atoms with Gasteiger partial charge in [0, 0.05) is 30.4 Å². The Kier molecular flexibility index (Phi) is 11.8. The molecule has 0 heterocycles. The number of benzene rings is 2. The maximum Gasteiger partial charge on any atom is 0.137 e. The zero-order chi connectivity index (χ0) is 31.1. The van der Waals surface area contributed by atoms with E-state index in [1.807, 2.05) is 19.9 Å². The van der Waals surface area contributed by atoms with Crippen LogP contribution in [-0.2, 0) is 19.7 Å². The molecule has 0 amide bonds. The van der Waals surface area contributed by atoms with Crippen LogP contribution in [-0.4, -0.2) is 38.0 Å². The van der Waals surface area contributed by atoms with Crippen molar-refractivity contribution in [2.75, 3.05) is 20.3 Å². The first-order valence-corrected chi connectivity index (χ1v) is 15.9. The maximum atomic E-state index is 14.2. The minimum absolute atomic E-state index is 0.00153. The molecular formula is C37H54O5. The minimum Gasteiger partial charge on any atom is -0.493 e. The zero-order valence-corrected chi connectivity index (χ0v) is 27.5. The van der Waals surface area contributed by atoms with Crippen molar-refractivity contribution in [1.29, 1.82) is 0 Å². The van der Waals surface area contributed by atoms with Gasteiger partial charge < -0.3 is 14.2 Å². The van der Waals surface area contributed by atoms with Gasteiger partial charge in [-0.25, -0.2) is 0 Å². The van der Waals surface area contributed by atoms with E-state index in [1.165, 1.54) is 5.56 Å². The molecule has 5 nitrogen and oxygen atoms in total. The minimum atomic E-state index is -0.604. The molecule has 1 saturated carbocycles. The van der Waals surface area contributed by atoms with Gasteiger partial charge in [-0.05, 0) is 87.0 Å². The Bertz CT molecular complexity index is 1150. The number of Topliss-reactive ketones (excluding diaryl/α,β-unsaturated/α-hetero) is 2. The normalized spacial score (nSPS) is 20.1. The lowest BCUT2D eigenvalue weighted by atomic mass is 9.60. The van der Waals surface area contributed by atoms with E-state index in [1.54, 1.807) is 14.0 Å². The van der Waals surface area contributed by atoms with Crippen LogP contribution in [0.4, 0.5) is 0 Å². The smallest absolute Gasteiger partial charge is 0.137 e. The molecule has 0 aliphatic heterocycles. The summed E-state index contributed by atoms with van der Waals surface area (Å²) >= 11 is 0. The van der Waals surface area contributed by atoms with Crippen LogP contribution in [0.15, 0.2) is 42.5 Å². The van der Waals surface area contributed by atoms with E-state index in [0.717, 1.165) is 41.9 Å². The molecule has 5 heteroatoms. The third kappa shape index (κ3) is 7.83. The molecule has 1 fully saturated rings. The monoisotopic (exact) mass is 578 g/mol. The number of methoxy groups -OCH3 is 1. The second-order valence-corrected chi connectivity index (χ2v) is 13.2. The fourth-order valence-electron chi connectivity index (χ4n) is 6.72. The van der Waals surface area contributed by atoms with Crippen molar-refractivity contribution < 1.29 is 23.8 Å². The van der Waals surface area contributed by atoms with Gasteiger partial charge in [0.2, 0.25) is 0 Å². The molecule has 0 radical (unpaired) electrons. The molecule has 3 rings (SSSR count). The summed E-state index contributed by atoms with van der Waals surface area (Å²) in [6.45, 7) is 17.7. The predicted octanol–water partition coefficient (Wildman–Crippen LogP) is 8.82. The summed E-state index contributed by atoms with van der Waals surface area (Å²) in [5, 5.41) is 0. The van der Waals surface area contributed by atoms with Crippen molar-refractivity contribution in [2.45, 2.75) is 117 Å². The highest BCUT2D eigenvalue weighted by Gasteiger charge is 2.50. The number of ketones is 2. The van der Waals surface area contributed by atoms with Gasteiger partial charge in [0.05, 0.1) is 19.3 Å². The van der Waals surface area contributed by atoms with Crippen LogP contribution in [0.3, 0.4) is 0 Å². The van der Waals surface area contributed by atoms with Crippen molar-refractivity contribution in [3.8, 4) is 11.5 Å². The molecule has 1 unspecified atom stereocenters. The van der Waals surface area contributed by atoms with E-state index in [9.17, 15) is 9.59 Å². The van der Waals surface area contributed by atoms with Crippen molar-refractivity contribution in [3.63, 3.8) is 0 Å². The van der Waals surface area contributed by atoms with E-state index in [-0.39, 0.29) is 47.3 Å². The zero-order valence-electron chi connectivity index (χ0n) is 27.5. The second-order valence-electron chi connectivity index (χ2n) is 13.2. The summed E-state index contributed by atoms with van der Waals surface area (Å²) in [6.07, 6.45) is 4.22. The number of ether oxygens (including phenoxy) is 3. The fourth-order valence-corrected chi connectivity index (χ4v) is 6.72. The first kappa shape index (κ1) is 33.8. The van der Waals surface area contributed by atoms with Crippen LogP contribution >= 0.6 is 0 Å². The first-order valence-electron chi connectivity index (χ1n) is 15.9. The van der Waals surface area contributed by atoms with Crippen LogP contribution in [0.1, 0.15) is 122 Å². The molecule has 42 heavy (non-hydrogen) atoms. The summed E-state index contributed by atoms with van der Waals surface area (Å²) in [6, 6.07) is 14.8. The van der Waals surface area contributed by atoms with Gasteiger partial charge in [-0.2, -0.15) is 0 Å². The highest BCUT2D eigenvalue weighted by Crippen LogP contribution is 2.48. The Balaban J connectivity index is 1.95. The summed E-state index contributed by atoms with van der Waals surface area (Å²) in [5.74, 6) is 1.89. The predicted molar refractivity (Wildman–Crippen MR) is 171 cm³/mol. The lowest BCUT2D eigenvalue weighted by molar-refractivity contribution is -0.149. The topological polar surface area (TPSA) is 61.8 Å². The number of carbonyl (C=O) groups excluding carboxylic acids is 2. The Morgan fingerprint density at radius 2 is 1.55 bits per heavy atom. The molecule has 1 aliphatic carbocycles. The molecule has 0 saturated heterocycles. The molecular weight excluding hydrogens is 524 g/mol. The quantitative estimate of drug-likeness (QED) is 0.188. The molecule has 0 spiro atoms. The van der Waals surface area contributed by atoms with E-state index in [4.69, 9.17) is 14.2 Å². The van der Waals surface area contributed by atoms with Gasteiger partial charge >= 0.3 is 0 Å². The first-order chi connectivity index (χ1) is 19.9. The Labute approximate surface area is 254 Å². The van der Waals surface area contributed by atoms with Crippen LogP contribution in [0, 0.1) is 11.3 Å². The van der Waals surface area contributed by atoms with Gasteiger partial charge in [-0.3, -0.25) is 9.59 Å². The molecule has 0 bridgehead atoms. The molecule has 2 aromatic carbocycles. The van der Waals surface area contributed by atoms with Crippen molar-refractivity contribution in [1.82, 2.24) is 0 Å². The van der Waals surface area contributed by atoms with E-state index in [2.05, 4.69) is 71.0 Å². The van der Waals surface area contributed by atoms with Crippen LogP contribution < -0.4 is 9.47 Å². The molecule has 1 aliphatic rings. The number of rotatable bonds is 17. The molecule has 0 aromatic heterocycles. The van der Waals surface area contributed by atoms with Gasteiger partial charge in [-0.1, -0.05) is 71.4 Å². The van der Waals surface area contributed by atoms with Crippen LogP contribution in [0.2, 0.25) is 0 Å². The highest BCUT2D eigenvalue weighted by atomic mass is 16.5. The summed E-state index contributed by atoms with van der Waals surface area (Å²) in [7, 11) is 1.68. The Morgan fingerprint density at radius 1 is 0.976 bits per heavy atom. The number of carbonyl (C=O) groups is 2. The maximum absolute atomic E-state index is 14.2. The largest absolute Gasteiger partial charge is 0.493 e. The SMILES string of the molecule is CCOc1cc([C@@H](C)C(CCCC(C)(C)c2ccccc2)C(=O)CC2(C(C)=O)CC(OC)C2)cc(OCC)c1C(C)C. The third-order valence-electron chi connectivity index (χ3n) is 9.55. The van der Waals surface area contributed by atoms with E-state index >= 15 is 0 Å². The average molecular weight is 579 g/mol. The van der Waals surface area contributed by atoms with Gasteiger partial charge in [-0.15, -0.1) is 0 Å². The highest BCUT2D eigenvalue weighted by molar-refractivity contribution is 5.92. The molecule has 0 N–H and O–H groups in total. The second kappa shape index (κ2) is 14.7. The van der Waals surface area contributed by atoms with Crippen molar-refractivity contribution >= 4 is 11.6 Å². The van der Waals surface area contributed by atoms with Crippen LogP contribution in [0.25, 0.3) is 0 Å². The molecule has 232 valence electrons. The van der Waals surface area contributed by atoms with Gasteiger partial charge in [0.1, 0.15) is 23.1 Å². The van der Waals surface area contributed by atoms with Crippen molar-refractivity contribution in [2.24, 2.45) is 11.3 Å². The summed E-state index contributed by atoms with van der Waals surface area (Å²) in [5.41, 5.74) is 2.82. The molecule has 2 atom stereocenters. The standard InChI is InChI=1S/C37H54O5/c1-10-41-33-20-28(21-34(42-11-2)35(33)25(3)4)26(5)31(18-15-19-36(7,8)29-16-13-12-14-17-29)32(39)24-37(27(6)38)22-30(23-37)40-9/h12-14,16-17,20-21,25-26,30-31H,10-11,15,18-19,22-24H2,1-9H3/t26-,30?,31?,37?/m1/s1. The van der Waals surface area contributed by atoms with Crippen LogP contribution in [0.5, 0.6) is 11.5 Å². The Morgan fingerprint density at radius 3 is 2.02 bits per heavy atom. The van der Waals surface area contributed by atoms with Gasteiger partial charge in [0.15, 0.2) is 0 Å². The lowest BCUT2D eigenvalue weighted by Gasteiger charge is -2.45. The average Bonchev–Trinajstić information content (AvgIpc) is 2.92. The number of hydrogen-bond acceptors (Lipinski definition) is 5. The van der Waals surface area contributed by atoms with Crippen molar-refractivity contribution in [3.05, 3.63) is 59.2 Å². The van der Waals surface area contributed by atoms with E-state index < -0.39 is 5.41 Å². The summed E-state index contributed by atoms with van der Waals surface area (Å²) < 4.78 is 17.8. The Hall–Kier alpha value is -2.66. The van der Waals surface area contributed by atoms with E-state index in [0.29, 0.717) is 26.1 Å². The fraction of sp³-hybridized carbons (Fsp3) is 0.622. The molecule has 2 aromatic rings. The summed E-state index contributed by atoms with van der Waals surface area (Å²) in [4.78, 5) is 27.0. The number of hydrogen-bond donors (Lipinski definition) is 0.